The van der Waals surface area contributed by atoms with Crippen LogP contribution in [0.4, 0.5) is 4.39 Å². The van der Waals surface area contributed by atoms with Gasteiger partial charge in [-0.25, -0.2) is 4.39 Å². The van der Waals surface area contributed by atoms with Gasteiger partial charge in [0.2, 0.25) is 0 Å². The summed E-state index contributed by atoms with van der Waals surface area (Å²) in [7, 11) is -0.438. The van der Waals surface area contributed by atoms with E-state index in [4.69, 9.17) is 0 Å². The van der Waals surface area contributed by atoms with Crippen LogP contribution in [0.25, 0.3) is 0 Å². The molecule has 1 aliphatic rings. The van der Waals surface area contributed by atoms with Crippen molar-refractivity contribution in [2.45, 2.75) is 25.8 Å². The maximum atomic E-state index is 12.8. The summed E-state index contributed by atoms with van der Waals surface area (Å²) in [6.45, 7) is 3.28. The van der Waals surface area contributed by atoms with E-state index in [1.165, 1.54) is 12.1 Å². The molecule has 1 aromatic heterocycles. The van der Waals surface area contributed by atoms with Crippen LogP contribution in [-0.4, -0.2) is 40.1 Å². The van der Waals surface area contributed by atoms with Gasteiger partial charge in [0, 0.05) is 0 Å². The molecular weight excluding hydrogens is 234 g/mol. The second-order valence-corrected chi connectivity index (χ2v) is 4.85. The number of hydrogen-bond donors (Lipinski definition) is 2. The minimum atomic E-state index is -0.651. The molecule has 2 rings (SSSR count). The van der Waals surface area contributed by atoms with Gasteiger partial charge in [0.05, 0.1) is 18.0 Å². The number of halogens is 1. The summed E-state index contributed by atoms with van der Waals surface area (Å²) in [6, 6.07) is 2.84. The van der Waals surface area contributed by atoms with Crippen LogP contribution in [0.2, 0.25) is 6.82 Å². The monoisotopic (exact) mass is 252 g/mol. The average molecular weight is 252 g/mol. The lowest BCUT2D eigenvalue weighted by Crippen LogP contribution is -2.43. The van der Waals surface area contributed by atoms with E-state index in [0.717, 1.165) is 32.1 Å². The fourth-order valence-corrected chi connectivity index (χ4v) is 2.41. The van der Waals surface area contributed by atoms with Gasteiger partial charge in [0.25, 0.3) is 0 Å². The second kappa shape index (κ2) is 5.78. The standard InChI is InChI=1S/C12H18BFN2O2/c1-13(18)16-6-4-9(5-7-16)12(17)11-3-2-10(14)8-15-11/h2-3,8-9,12,17-18H,4-7H2,1H3. The maximum Gasteiger partial charge on any atom is 0.376 e. The molecule has 0 bridgehead atoms. The lowest BCUT2D eigenvalue weighted by molar-refractivity contribution is 0.0696. The number of piperidine rings is 1. The first-order valence-corrected chi connectivity index (χ1v) is 6.29. The van der Waals surface area contributed by atoms with Gasteiger partial charge in [-0.1, -0.05) is 0 Å². The zero-order chi connectivity index (χ0) is 13.1. The molecule has 1 aromatic rings. The van der Waals surface area contributed by atoms with E-state index < -0.39 is 19.0 Å². The van der Waals surface area contributed by atoms with Crippen molar-refractivity contribution in [3.05, 3.63) is 29.8 Å². The Hall–Kier alpha value is -0.975. The Labute approximate surface area is 107 Å². The summed E-state index contributed by atoms with van der Waals surface area (Å²) in [6.07, 6.45) is 2.10. The summed E-state index contributed by atoms with van der Waals surface area (Å²) >= 11 is 0. The summed E-state index contributed by atoms with van der Waals surface area (Å²) in [5.41, 5.74) is 0.520. The van der Waals surface area contributed by atoms with Crippen molar-refractivity contribution in [2.75, 3.05) is 13.1 Å². The van der Waals surface area contributed by atoms with Gasteiger partial charge >= 0.3 is 7.05 Å². The van der Waals surface area contributed by atoms with E-state index in [0.29, 0.717) is 5.69 Å². The molecule has 98 valence electrons. The molecule has 0 saturated carbocycles. The third-order valence-electron chi connectivity index (χ3n) is 3.60. The van der Waals surface area contributed by atoms with Crippen LogP contribution in [0.3, 0.4) is 0 Å². The fraction of sp³-hybridized carbons (Fsp3) is 0.583. The molecule has 1 fully saturated rings. The molecular formula is C12H18BFN2O2. The summed E-state index contributed by atoms with van der Waals surface area (Å²) in [4.78, 5) is 5.89. The first-order chi connectivity index (χ1) is 8.58. The SMILES string of the molecule is CB(O)N1CCC(C(O)c2ccc(F)cn2)CC1. The molecule has 1 saturated heterocycles. The van der Waals surface area contributed by atoms with Crippen LogP contribution in [0.15, 0.2) is 18.3 Å². The van der Waals surface area contributed by atoms with Crippen molar-refractivity contribution < 1.29 is 14.5 Å². The maximum absolute atomic E-state index is 12.8. The van der Waals surface area contributed by atoms with Crippen molar-refractivity contribution in [2.24, 2.45) is 5.92 Å². The average Bonchev–Trinajstić information content (AvgIpc) is 2.39. The van der Waals surface area contributed by atoms with E-state index in [9.17, 15) is 14.5 Å². The summed E-state index contributed by atoms with van der Waals surface area (Å²) in [5, 5.41) is 19.7. The Balaban J connectivity index is 1.95. The van der Waals surface area contributed by atoms with Crippen molar-refractivity contribution in [1.29, 1.82) is 0 Å². The van der Waals surface area contributed by atoms with Crippen LogP contribution in [0.5, 0.6) is 0 Å². The Morgan fingerprint density at radius 2 is 2.11 bits per heavy atom. The number of pyridine rings is 1. The van der Waals surface area contributed by atoms with Gasteiger partial charge < -0.3 is 14.9 Å². The Bertz CT molecular complexity index is 380. The number of hydrogen-bond acceptors (Lipinski definition) is 4. The minimum Gasteiger partial charge on any atom is -0.437 e. The minimum absolute atomic E-state index is 0.123. The molecule has 0 aliphatic carbocycles. The smallest absolute Gasteiger partial charge is 0.376 e. The van der Waals surface area contributed by atoms with Crippen LogP contribution in [0.1, 0.15) is 24.6 Å². The number of aromatic nitrogens is 1. The molecule has 0 aromatic carbocycles. The first kappa shape index (κ1) is 13.5. The van der Waals surface area contributed by atoms with Gasteiger partial charge in [-0.05, 0) is 50.8 Å². The largest absolute Gasteiger partial charge is 0.437 e. The second-order valence-electron chi connectivity index (χ2n) is 4.85. The van der Waals surface area contributed by atoms with Crippen molar-refractivity contribution in [3.63, 3.8) is 0 Å². The first-order valence-electron chi connectivity index (χ1n) is 6.29. The third-order valence-corrected chi connectivity index (χ3v) is 3.60. The van der Waals surface area contributed by atoms with Gasteiger partial charge in [0.15, 0.2) is 0 Å². The molecule has 2 N–H and O–H groups in total. The topological polar surface area (TPSA) is 56.6 Å². The van der Waals surface area contributed by atoms with Gasteiger partial charge in [-0.3, -0.25) is 4.98 Å². The fourth-order valence-electron chi connectivity index (χ4n) is 2.41. The normalized spacial score (nSPS) is 19.8. The lowest BCUT2D eigenvalue weighted by Gasteiger charge is -2.34. The highest BCUT2D eigenvalue weighted by atomic mass is 19.1. The quantitative estimate of drug-likeness (QED) is 0.790. The predicted octanol–water partition coefficient (Wildman–Crippen LogP) is 1.08. The molecule has 6 heteroatoms. The van der Waals surface area contributed by atoms with Crippen LogP contribution < -0.4 is 0 Å². The molecule has 0 spiro atoms. The molecule has 4 nitrogen and oxygen atoms in total. The van der Waals surface area contributed by atoms with Crippen LogP contribution in [-0.2, 0) is 0 Å². The highest BCUT2D eigenvalue weighted by molar-refractivity contribution is 6.45. The molecule has 18 heavy (non-hydrogen) atoms. The number of aliphatic hydroxyl groups excluding tert-OH is 1. The van der Waals surface area contributed by atoms with Gasteiger partial charge in [-0.2, -0.15) is 0 Å². The molecule has 2 heterocycles. The predicted molar refractivity (Wildman–Crippen MR) is 67.3 cm³/mol. The Morgan fingerprint density at radius 3 is 2.61 bits per heavy atom. The molecule has 0 radical (unpaired) electrons. The van der Waals surface area contributed by atoms with E-state index in [1.54, 1.807) is 6.82 Å². The van der Waals surface area contributed by atoms with Crippen molar-refractivity contribution in [3.8, 4) is 0 Å². The van der Waals surface area contributed by atoms with Gasteiger partial charge in [0.1, 0.15) is 5.82 Å². The highest BCUT2D eigenvalue weighted by Gasteiger charge is 2.29. The van der Waals surface area contributed by atoms with Crippen LogP contribution >= 0.6 is 0 Å². The summed E-state index contributed by atoms with van der Waals surface area (Å²) in [5.74, 6) is -0.271. The van der Waals surface area contributed by atoms with Crippen LogP contribution in [0, 0.1) is 11.7 Å². The number of aliphatic hydroxyl groups is 1. The van der Waals surface area contributed by atoms with E-state index in [2.05, 4.69) is 4.98 Å². The zero-order valence-electron chi connectivity index (χ0n) is 10.5. The van der Waals surface area contributed by atoms with Crippen molar-refractivity contribution in [1.82, 2.24) is 9.79 Å². The van der Waals surface area contributed by atoms with E-state index in [1.807, 2.05) is 4.81 Å². The van der Waals surface area contributed by atoms with E-state index >= 15 is 0 Å². The van der Waals surface area contributed by atoms with E-state index in [-0.39, 0.29) is 5.92 Å². The molecule has 1 unspecified atom stereocenters. The van der Waals surface area contributed by atoms with Gasteiger partial charge in [-0.15, -0.1) is 0 Å². The molecule has 0 amide bonds. The lowest BCUT2D eigenvalue weighted by atomic mass is 9.79. The number of nitrogens with zero attached hydrogens (tertiary/aromatic N) is 2. The summed E-state index contributed by atoms with van der Waals surface area (Å²) < 4.78 is 12.8. The molecule has 1 atom stereocenters. The molecule has 1 aliphatic heterocycles. The Kier molecular flexibility index (Phi) is 4.32. The van der Waals surface area contributed by atoms with Crippen molar-refractivity contribution >= 4 is 7.05 Å². The Morgan fingerprint density at radius 1 is 1.44 bits per heavy atom. The number of rotatable bonds is 3. The zero-order valence-corrected chi connectivity index (χ0v) is 10.5. The highest BCUT2D eigenvalue weighted by Crippen LogP contribution is 2.29. The third kappa shape index (κ3) is 3.07.